The molecule has 1 aromatic rings. The van der Waals surface area contributed by atoms with Crippen molar-refractivity contribution in [2.75, 3.05) is 0 Å². The summed E-state index contributed by atoms with van der Waals surface area (Å²) in [5.41, 5.74) is 6.26. The Morgan fingerprint density at radius 2 is 2.00 bits per heavy atom. The lowest BCUT2D eigenvalue weighted by Gasteiger charge is -2.18. The van der Waals surface area contributed by atoms with Crippen LogP contribution in [0.25, 0.3) is 0 Å². The van der Waals surface area contributed by atoms with E-state index in [1.54, 1.807) is 0 Å². The van der Waals surface area contributed by atoms with Gasteiger partial charge in [0, 0.05) is 6.42 Å². The third-order valence-corrected chi connectivity index (χ3v) is 3.65. The first-order valence-electron chi connectivity index (χ1n) is 6.89. The maximum absolute atomic E-state index is 6.26. The van der Waals surface area contributed by atoms with Crippen molar-refractivity contribution in [2.45, 2.75) is 64.3 Å². The molecule has 1 fully saturated rings. The van der Waals surface area contributed by atoms with Gasteiger partial charge in [-0.1, -0.05) is 37.8 Å². The second kappa shape index (κ2) is 6.15. The van der Waals surface area contributed by atoms with E-state index in [0.717, 1.165) is 18.7 Å². The highest BCUT2D eigenvalue weighted by Gasteiger charge is 2.24. The topological polar surface area (TPSA) is 64.9 Å². The normalized spacial score (nSPS) is 20.1. The Morgan fingerprint density at radius 1 is 1.29 bits per heavy atom. The molecule has 1 heterocycles. The lowest BCUT2D eigenvalue weighted by atomic mass is 9.92. The smallest absolute Gasteiger partial charge is 0.226 e. The van der Waals surface area contributed by atoms with Crippen LogP contribution in [0.5, 0.6) is 0 Å². The molecule has 0 amide bonds. The molecular formula is C13H23N3O. The van der Waals surface area contributed by atoms with Gasteiger partial charge in [0.15, 0.2) is 5.82 Å². The second-order valence-corrected chi connectivity index (χ2v) is 5.07. The molecule has 0 bridgehead atoms. The Balaban J connectivity index is 1.98. The van der Waals surface area contributed by atoms with Gasteiger partial charge in [0.1, 0.15) is 0 Å². The van der Waals surface area contributed by atoms with E-state index in [9.17, 15) is 0 Å². The Morgan fingerprint density at radius 3 is 2.65 bits per heavy atom. The van der Waals surface area contributed by atoms with Crippen molar-refractivity contribution in [2.24, 2.45) is 11.7 Å². The molecule has 2 N–H and O–H groups in total. The Hall–Kier alpha value is -0.900. The highest BCUT2D eigenvalue weighted by molar-refractivity contribution is 4.96. The molecule has 2 rings (SSSR count). The van der Waals surface area contributed by atoms with Crippen molar-refractivity contribution in [3.63, 3.8) is 0 Å². The number of hydrogen-bond acceptors (Lipinski definition) is 4. The SMILES string of the molecule is CCCc1nc(C(N)C2CCCCCC2)no1. The zero-order valence-electron chi connectivity index (χ0n) is 10.7. The fraction of sp³-hybridized carbons (Fsp3) is 0.846. The number of aromatic nitrogens is 2. The van der Waals surface area contributed by atoms with Crippen LogP contribution < -0.4 is 5.73 Å². The van der Waals surface area contributed by atoms with Crippen LogP contribution in [0.15, 0.2) is 4.52 Å². The fourth-order valence-corrected chi connectivity index (χ4v) is 2.60. The summed E-state index contributed by atoms with van der Waals surface area (Å²) < 4.78 is 5.21. The average molecular weight is 237 g/mol. The van der Waals surface area contributed by atoms with Gasteiger partial charge in [0.25, 0.3) is 0 Å². The van der Waals surface area contributed by atoms with Crippen LogP contribution in [0, 0.1) is 5.92 Å². The third kappa shape index (κ3) is 3.28. The molecular weight excluding hydrogens is 214 g/mol. The van der Waals surface area contributed by atoms with Crippen molar-refractivity contribution in [1.29, 1.82) is 0 Å². The molecule has 1 atom stereocenters. The van der Waals surface area contributed by atoms with E-state index in [1.807, 2.05) is 0 Å². The van der Waals surface area contributed by atoms with Gasteiger partial charge in [0.2, 0.25) is 5.89 Å². The lowest BCUT2D eigenvalue weighted by Crippen LogP contribution is -2.22. The van der Waals surface area contributed by atoms with Crippen LogP contribution in [-0.2, 0) is 6.42 Å². The maximum atomic E-state index is 6.26. The molecule has 1 aromatic heterocycles. The summed E-state index contributed by atoms with van der Waals surface area (Å²) in [6, 6.07) is -0.0394. The summed E-state index contributed by atoms with van der Waals surface area (Å²) in [6.45, 7) is 2.11. The van der Waals surface area contributed by atoms with Crippen LogP contribution in [0.4, 0.5) is 0 Å². The van der Waals surface area contributed by atoms with E-state index >= 15 is 0 Å². The first-order chi connectivity index (χ1) is 8.31. The Bertz CT molecular complexity index is 329. The molecule has 1 aliphatic carbocycles. The van der Waals surface area contributed by atoms with E-state index in [4.69, 9.17) is 10.3 Å². The summed E-state index contributed by atoms with van der Waals surface area (Å²) in [5.74, 6) is 1.97. The molecule has 0 aliphatic heterocycles. The van der Waals surface area contributed by atoms with Crippen LogP contribution in [0.2, 0.25) is 0 Å². The predicted octanol–water partition coefficient (Wildman–Crippen LogP) is 2.99. The summed E-state index contributed by atoms with van der Waals surface area (Å²) in [5, 5.41) is 4.03. The van der Waals surface area contributed by atoms with Crippen molar-refractivity contribution >= 4 is 0 Å². The molecule has 4 heteroatoms. The maximum Gasteiger partial charge on any atom is 0.226 e. The zero-order chi connectivity index (χ0) is 12.1. The minimum atomic E-state index is -0.0394. The molecule has 0 spiro atoms. The number of nitrogens with two attached hydrogens (primary N) is 1. The molecule has 1 aliphatic rings. The molecule has 0 aromatic carbocycles. The Kier molecular flexibility index (Phi) is 4.54. The highest BCUT2D eigenvalue weighted by Crippen LogP contribution is 2.30. The quantitative estimate of drug-likeness (QED) is 0.817. The molecule has 4 nitrogen and oxygen atoms in total. The number of aryl methyl sites for hydroxylation is 1. The monoisotopic (exact) mass is 237 g/mol. The Labute approximate surface area is 103 Å². The largest absolute Gasteiger partial charge is 0.339 e. The minimum Gasteiger partial charge on any atom is -0.339 e. The van der Waals surface area contributed by atoms with Gasteiger partial charge in [0.05, 0.1) is 6.04 Å². The predicted molar refractivity (Wildman–Crippen MR) is 66.4 cm³/mol. The molecule has 0 saturated heterocycles. The summed E-state index contributed by atoms with van der Waals surface area (Å²) in [7, 11) is 0. The van der Waals surface area contributed by atoms with Crippen LogP contribution >= 0.6 is 0 Å². The van der Waals surface area contributed by atoms with Crippen molar-refractivity contribution in [3.8, 4) is 0 Å². The van der Waals surface area contributed by atoms with Crippen molar-refractivity contribution in [3.05, 3.63) is 11.7 Å². The van der Waals surface area contributed by atoms with E-state index in [2.05, 4.69) is 17.1 Å². The highest BCUT2D eigenvalue weighted by atomic mass is 16.5. The van der Waals surface area contributed by atoms with E-state index in [0.29, 0.717) is 11.7 Å². The van der Waals surface area contributed by atoms with Crippen LogP contribution in [0.1, 0.15) is 69.6 Å². The zero-order valence-corrected chi connectivity index (χ0v) is 10.7. The summed E-state index contributed by atoms with van der Waals surface area (Å²) in [6.07, 6.45) is 9.56. The first kappa shape index (κ1) is 12.6. The molecule has 17 heavy (non-hydrogen) atoms. The van der Waals surface area contributed by atoms with Crippen LogP contribution in [-0.4, -0.2) is 10.1 Å². The van der Waals surface area contributed by atoms with Gasteiger partial charge in [-0.15, -0.1) is 0 Å². The number of rotatable bonds is 4. The van der Waals surface area contributed by atoms with Crippen molar-refractivity contribution in [1.82, 2.24) is 10.1 Å². The van der Waals surface area contributed by atoms with Gasteiger partial charge in [-0.25, -0.2) is 0 Å². The van der Waals surface area contributed by atoms with E-state index < -0.39 is 0 Å². The second-order valence-electron chi connectivity index (χ2n) is 5.07. The van der Waals surface area contributed by atoms with Crippen LogP contribution in [0.3, 0.4) is 0 Å². The number of nitrogens with zero attached hydrogens (tertiary/aromatic N) is 2. The number of hydrogen-bond donors (Lipinski definition) is 1. The van der Waals surface area contributed by atoms with Gasteiger partial charge >= 0.3 is 0 Å². The molecule has 1 saturated carbocycles. The molecule has 1 unspecified atom stereocenters. The standard InChI is InChI=1S/C13H23N3O/c1-2-7-11-15-13(16-17-11)12(14)10-8-5-3-4-6-9-10/h10,12H,2-9,14H2,1H3. The van der Waals surface area contributed by atoms with E-state index in [-0.39, 0.29) is 6.04 Å². The first-order valence-corrected chi connectivity index (χ1v) is 6.89. The van der Waals surface area contributed by atoms with Gasteiger partial charge in [-0.05, 0) is 25.2 Å². The summed E-state index contributed by atoms with van der Waals surface area (Å²) in [4.78, 5) is 4.40. The van der Waals surface area contributed by atoms with E-state index in [1.165, 1.54) is 38.5 Å². The minimum absolute atomic E-state index is 0.0394. The van der Waals surface area contributed by atoms with Gasteiger partial charge in [-0.3, -0.25) is 0 Å². The van der Waals surface area contributed by atoms with Crippen molar-refractivity contribution < 1.29 is 4.52 Å². The van der Waals surface area contributed by atoms with Gasteiger partial charge in [-0.2, -0.15) is 4.98 Å². The van der Waals surface area contributed by atoms with Gasteiger partial charge < -0.3 is 10.3 Å². The average Bonchev–Trinajstić information content (AvgIpc) is 2.64. The lowest BCUT2D eigenvalue weighted by molar-refractivity contribution is 0.338. The fourth-order valence-electron chi connectivity index (χ4n) is 2.60. The summed E-state index contributed by atoms with van der Waals surface area (Å²) >= 11 is 0. The third-order valence-electron chi connectivity index (χ3n) is 3.65. The molecule has 96 valence electrons. The molecule has 0 radical (unpaired) electrons.